The minimum atomic E-state index is -1.24. The summed E-state index contributed by atoms with van der Waals surface area (Å²) in [4.78, 5) is 15.5. The Balaban J connectivity index is 1.88. The Hall–Kier alpha value is -1.58. The molecule has 5 N–H and O–H groups in total. The molecule has 1 aliphatic rings. The Labute approximate surface area is 109 Å². The molecule has 1 saturated heterocycles. The lowest BCUT2D eigenvalue weighted by Crippen LogP contribution is -2.49. The van der Waals surface area contributed by atoms with Crippen LogP contribution in [0.4, 0.5) is 0 Å². The molecular formula is C11H15N3O5. The summed E-state index contributed by atoms with van der Waals surface area (Å²) >= 11 is 0. The van der Waals surface area contributed by atoms with Crippen LogP contribution in [0.25, 0.3) is 0 Å². The van der Waals surface area contributed by atoms with Crippen molar-refractivity contribution in [3.63, 3.8) is 0 Å². The predicted octanol–water partition coefficient (Wildman–Crippen LogP) is -2.24. The van der Waals surface area contributed by atoms with E-state index in [1.54, 1.807) is 12.1 Å². The molecule has 8 heteroatoms. The first-order valence-corrected chi connectivity index (χ1v) is 5.72. The number of hydrogen-bond acceptors (Lipinski definition) is 7. The van der Waals surface area contributed by atoms with Crippen molar-refractivity contribution in [3.8, 4) is 0 Å². The van der Waals surface area contributed by atoms with E-state index in [1.165, 1.54) is 12.4 Å². The maximum absolute atomic E-state index is 11.7. The van der Waals surface area contributed by atoms with Gasteiger partial charge in [-0.05, 0) is 12.1 Å². The Morgan fingerprint density at radius 3 is 2.79 bits per heavy atom. The minimum absolute atomic E-state index is 0.335. The molecule has 0 radical (unpaired) electrons. The van der Waals surface area contributed by atoms with E-state index in [9.17, 15) is 15.0 Å². The highest BCUT2D eigenvalue weighted by atomic mass is 16.6. The van der Waals surface area contributed by atoms with E-state index >= 15 is 0 Å². The number of amides is 1. The zero-order chi connectivity index (χ0) is 13.8. The number of nitrogens with one attached hydrogen (secondary N) is 2. The zero-order valence-electron chi connectivity index (χ0n) is 9.93. The van der Waals surface area contributed by atoms with Gasteiger partial charge in [0.25, 0.3) is 5.91 Å². The second-order valence-electron chi connectivity index (χ2n) is 4.10. The van der Waals surface area contributed by atoms with Crippen molar-refractivity contribution in [1.29, 1.82) is 0 Å². The first kappa shape index (κ1) is 13.8. The fraction of sp³-hybridized carbons (Fsp3) is 0.455. The molecular weight excluding hydrogens is 254 g/mol. The summed E-state index contributed by atoms with van der Waals surface area (Å²) in [6.07, 6.45) is -1.41. The molecule has 0 aliphatic carbocycles. The number of carbonyl (C=O) groups is 1. The zero-order valence-corrected chi connectivity index (χ0v) is 9.93. The van der Waals surface area contributed by atoms with Crippen LogP contribution in [0.1, 0.15) is 10.4 Å². The van der Waals surface area contributed by atoms with E-state index in [2.05, 4.69) is 15.8 Å². The van der Waals surface area contributed by atoms with Crippen LogP contribution >= 0.6 is 0 Å². The monoisotopic (exact) mass is 269 g/mol. The van der Waals surface area contributed by atoms with Crippen molar-refractivity contribution in [1.82, 2.24) is 15.8 Å². The van der Waals surface area contributed by atoms with E-state index in [1.807, 2.05) is 0 Å². The van der Waals surface area contributed by atoms with Gasteiger partial charge in [0.2, 0.25) is 0 Å². The van der Waals surface area contributed by atoms with Gasteiger partial charge >= 0.3 is 0 Å². The van der Waals surface area contributed by atoms with Crippen molar-refractivity contribution >= 4 is 5.91 Å². The van der Waals surface area contributed by atoms with Gasteiger partial charge in [0, 0.05) is 12.4 Å². The van der Waals surface area contributed by atoms with Crippen LogP contribution in [0, 0.1) is 0 Å². The molecule has 1 aromatic rings. The first-order valence-electron chi connectivity index (χ1n) is 5.72. The van der Waals surface area contributed by atoms with Gasteiger partial charge < -0.3 is 20.1 Å². The van der Waals surface area contributed by atoms with Crippen LogP contribution in [0.2, 0.25) is 0 Å². The average molecular weight is 269 g/mol. The Morgan fingerprint density at radius 2 is 2.21 bits per heavy atom. The first-order chi connectivity index (χ1) is 9.13. The molecule has 8 nitrogen and oxygen atoms in total. The molecule has 104 valence electrons. The number of nitrogens with zero attached hydrogens (tertiary/aromatic N) is 1. The van der Waals surface area contributed by atoms with Gasteiger partial charge in [-0.25, -0.2) is 5.43 Å². The molecule has 0 bridgehead atoms. The molecule has 0 unspecified atom stereocenters. The number of aliphatic hydroxyl groups is 3. The van der Waals surface area contributed by atoms with Crippen molar-refractivity contribution in [3.05, 3.63) is 30.1 Å². The molecule has 1 aliphatic heterocycles. The van der Waals surface area contributed by atoms with Gasteiger partial charge in [0.1, 0.15) is 18.3 Å². The maximum Gasteiger partial charge on any atom is 0.267 e. The van der Waals surface area contributed by atoms with E-state index in [0.717, 1.165) is 0 Å². The fourth-order valence-corrected chi connectivity index (χ4v) is 1.72. The molecule has 2 rings (SSSR count). The van der Waals surface area contributed by atoms with Crippen LogP contribution < -0.4 is 10.9 Å². The van der Waals surface area contributed by atoms with Gasteiger partial charge in [-0.2, -0.15) is 0 Å². The summed E-state index contributed by atoms with van der Waals surface area (Å²) in [5.74, 6) is -0.453. The van der Waals surface area contributed by atoms with E-state index in [-0.39, 0.29) is 0 Å². The average Bonchev–Trinajstić information content (AvgIpc) is 2.73. The van der Waals surface area contributed by atoms with Crippen molar-refractivity contribution in [2.75, 3.05) is 6.61 Å². The highest BCUT2D eigenvalue weighted by Gasteiger charge is 2.42. The lowest BCUT2D eigenvalue weighted by Gasteiger charge is -2.16. The molecule has 2 heterocycles. The Morgan fingerprint density at radius 1 is 1.42 bits per heavy atom. The molecule has 1 aromatic heterocycles. The standard InChI is InChI=1S/C11H15N3O5/c15-5-7-8(16)9(17)11(19-7)14-13-10(18)6-2-1-3-12-4-6/h1-4,7-9,11,14-17H,5H2,(H,13,18)/t7-,8+,9+,11-/m0/s1. The van der Waals surface area contributed by atoms with Gasteiger partial charge in [-0.1, -0.05) is 0 Å². The third-order valence-electron chi connectivity index (χ3n) is 2.79. The molecule has 0 saturated carbocycles. The quantitative estimate of drug-likeness (QED) is 0.391. The van der Waals surface area contributed by atoms with Crippen molar-refractivity contribution in [2.24, 2.45) is 0 Å². The smallest absolute Gasteiger partial charge is 0.267 e. The van der Waals surface area contributed by atoms with Crippen molar-refractivity contribution in [2.45, 2.75) is 24.5 Å². The SMILES string of the molecule is O=C(NN[C@H]1O[C@@H](CO)[C@@H](O)[C@H]1O)c1cccnc1. The van der Waals surface area contributed by atoms with Crippen LogP contribution in [0.15, 0.2) is 24.5 Å². The van der Waals surface area contributed by atoms with Gasteiger partial charge in [0.15, 0.2) is 6.23 Å². The summed E-state index contributed by atoms with van der Waals surface area (Å²) in [6, 6.07) is 3.18. The van der Waals surface area contributed by atoms with Gasteiger partial charge in [-0.15, -0.1) is 0 Å². The largest absolute Gasteiger partial charge is 0.394 e. The van der Waals surface area contributed by atoms with Crippen LogP contribution in [-0.2, 0) is 4.74 Å². The maximum atomic E-state index is 11.7. The Kier molecular flexibility index (Phi) is 4.40. The van der Waals surface area contributed by atoms with Gasteiger partial charge in [-0.3, -0.25) is 15.2 Å². The number of aromatic nitrogens is 1. The molecule has 0 spiro atoms. The third-order valence-corrected chi connectivity index (χ3v) is 2.79. The summed E-state index contributed by atoms with van der Waals surface area (Å²) in [7, 11) is 0. The van der Waals surface area contributed by atoms with Gasteiger partial charge in [0.05, 0.1) is 12.2 Å². The molecule has 1 amide bonds. The summed E-state index contributed by atoms with van der Waals surface area (Å²) in [5, 5.41) is 28.1. The Bertz CT molecular complexity index is 430. The number of pyridine rings is 1. The minimum Gasteiger partial charge on any atom is -0.394 e. The van der Waals surface area contributed by atoms with Crippen LogP contribution in [0.5, 0.6) is 0 Å². The number of rotatable bonds is 4. The molecule has 0 aromatic carbocycles. The second kappa shape index (κ2) is 6.04. The number of ether oxygens (including phenoxy) is 1. The van der Waals surface area contributed by atoms with Crippen LogP contribution in [0.3, 0.4) is 0 Å². The normalized spacial score (nSPS) is 30.3. The fourth-order valence-electron chi connectivity index (χ4n) is 1.72. The van der Waals surface area contributed by atoms with E-state index < -0.39 is 37.1 Å². The summed E-state index contributed by atoms with van der Waals surface area (Å²) in [5.41, 5.74) is 5.12. The number of hydrazine groups is 1. The second-order valence-corrected chi connectivity index (χ2v) is 4.10. The van der Waals surface area contributed by atoms with Crippen LogP contribution in [-0.4, -0.2) is 57.4 Å². The third kappa shape index (κ3) is 3.06. The summed E-state index contributed by atoms with van der Waals surface area (Å²) < 4.78 is 5.13. The molecule has 1 fully saturated rings. The lowest BCUT2D eigenvalue weighted by molar-refractivity contribution is -0.0375. The summed E-state index contributed by atoms with van der Waals surface area (Å²) in [6.45, 7) is -0.424. The number of carbonyl (C=O) groups excluding carboxylic acids is 1. The van der Waals surface area contributed by atoms with Crippen molar-refractivity contribution < 1.29 is 24.9 Å². The molecule has 19 heavy (non-hydrogen) atoms. The number of hydrogen-bond donors (Lipinski definition) is 5. The highest BCUT2D eigenvalue weighted by Crippen LogP contribution is 2.18. The van der Waals surface area contributed by atoms with E-state index in [4.69, 9.17) is 9.84 Å². The number of aliphatic hydroxyl groups excluding tert-OH is 3. The lowest BCUT2D eigenvalue weighted by atomic mass is 10.1. The highest BCUT2D eigenvalue weighted by molar-refractivity contribution is 5.93. The topological polar surface area (TPSA) is 124 Å². The predicted molar refractivity (Wildman–Crippen MR) is 62.6 cm³/mol. The van der Waals surface area contributed by atoms with E-state index in [0.29, 0.717) is 5.56 Å². The molecule has 4 atom stereocenters.